The predicted octanol–water partition coefficient (Wildman–Crippen LogP) is 1.13. The summed E-state index contributed by atoms with van der Waals surface area (Å²) < 4.78 is 0. The molecule has 1 fully saturated rings. The van der Waals surface area contributed by atoms with Gasteiger partial charge in [0.2, 0.25) is 0 Å². The van der Waals surface area contributed by atoms with Crippen LogP contribution in [-0.4, -0.2) is 35.1 Å². The highest BCUT2D eigenvalue weighted by Gasteiger charge is 2.26. The Bertz CT molecular complexity index is 422. The van der Waals surface area contributed by atoms with Crippen molar-refractivity contribution in [1.29, 1.82) is 0 Å². The van der Waals surface area contributed by atoms with Gasteiger partial charge in [-0.05, 0) is 24.6 Å². The van der Waals surface area contributed by atoms with Crippen LogP contribution in [-0.2, 0) is 0 Å². The highest BCUT2D eigenvalue weighted by Crippen LogP contribution is 2.22. The van der Waals surface area contributed by atoms with Crippen molar-refractivity contribution in [2.45, 2.75) is 12.5 Å². The van der Waals surface area contributed by atoms with E-state index in [9.17, 15) is 9.90 Å². The van der Waals surface area contributed by atoms with Crippen LogP contribution in [0, 0.1) is 0 Å². The molecule has 16 heavy (non-hydrogen) atoms. The van der Waals surface area contributed by atoms with Crippen molar-refractivity contribution in [3.8, 4) is 0 Å². The van der Waals surface area contributed by atoms with Gasteiger partial charge >= 0.3 is 0 Å². The number of nitrogen functional groups attached to an aromatic ring is 1. The van der Waals surface area contributed by atoms with Crippen molar-refractivity contribution in [2.24, 2.45) is 0 Å². The van der Waals surface area contributed by atoms with Crippen molar-refractivity contribution in [3.63, 3.8) is 0 Å². The number of likely N-dealkylation sites (tertiary alicyclic amines) is 1. The smallest absolute Gasteiger partial charge is 0.255 e. The van der Waals surface area contributed by atoms with Gasteiger partial charge in [-0.3, -0.25) is 4.79 Å². The number of amides is 1. The van der Waals surface area contributed by atoms with E-state index in [1.165, 1.54) is 0 Å². The zero-order valence-electron chi connectivity index (χ0n) is 8.69. The summed E-state index contributed by atoms with van der Waals surface area (Å²) in [5, 5.41) is 9.72. The van der Waals surface area contributed by atoms with Crippen molar-refractivity contribution in [2.75, 3.05) is 18.8 Å². The molecule has 86 valence electrons. The SMILES string of the molecule is Nc1ccc(C(=O)N2CC[C@H](O)C2)c(Cl)c1. The molecule has 1 atom stereocenters. The zero-order valence-corrected chi connectivity index (χ0v) is 9.44. The van der Waals surface area contributed by atoms with Crippen LogP contribution in [0.2, 0.25) is 5.02 Å². The Morgan fingerprint density at radius 2 is 2.31 bits per heavy atom. The average Bonchev–Trinajstić information content (AvgIpc) is 2.64. The van der Waals surface area contributed by atoms with E-state index in [1.54, 1.807) is 23.1 Å². The Hall–Kier alpha value is -1.26. The minimum absolute atomic E-state index is 0.151. The molecule has 2 rings (SSSR count). The highest BCUT2D eigenvalue weighted by molar-refractivity contribution is 6.34. The van der Waals surface area contributed by atoms with E-state index in [1.807, 2.05) is 0 Å². The summed E-state index contributed by atoms with van der Waals surface area (Å²) in [7, 11) is 0. The first-order chi connectivity index (χ1) is 7.58. The molecule has 1 aromatic rings. The number of carbonyl (C=O) groups excluding carboxylic acids is 1. The maximum Gasteiger partial charge on any atom is 0.255 e. The van der Waals surface area contributed by atoms with E-state index in [2.05, 4.69) is 0 Å². The van der Waals surface area contributed by atoms with Gasteiger partial charge in [0.1, 0.15) is 0 Å². The second-order valence-corrected chi connectivity index (χ2v) is 4.34. The number of benzene rings is 1. The Morgan fingerprint density at radius 1 is 1.56 bits per heavy atom. The van der Waals surface area contributed by atoms with Crippen LogP contribution in [0.3, 0.4) is 0 Å². The summed E-state index contributed by atoms with van der Waals surface area (Å²) in [5.74, 6) is -0.151. The maximum absolute atomic E-state index is 12.0. The van der Waals surface area contributed by atoms with E-state index in [0.29, 0.717) is 35.8 Å². The van der Waals surface area contributed by atoms with E-state index >= 15 is 0 Å². The maximum atomic E-state index is 12.0. The Balaban J connectivity index is 2.21. The quantitative estimate of drug-likeness (QED) is 0.724. The molecule has 0 unspecified atom stereocenters. The summed E-state index contributed by atoms with van der Waals surface area (Å²) in [4.78, 5) is 13.6. The number of anilines is 1. The van der Waals surface area contributed by atoms with E-state index < -0.39 is 6.10 Å². The molecule has 1 heterocycles. The van der Waals surface area contributed by atoms with Crippen LogP contribution in [0.15, 0.2) is 18.2 Å². The third-order valence-electron chi connectivity index (χ3n) is 2.67. The molecular formula is C11H13ClN2O2. The standard InChI is InChI=1S/C11H13ClN2O2/c12-10-5-7(13)1-2-9(10)11(16)14-4-3-8(15)6-14/h1-2,5,8,15H,3-4,6,13H2/t8-/m0/s1. The van der Waals surface area contributed by atoms with Crippen LogP contribution in [0.4, 0.5) is 5.69 Å². The summed E-state index contributed by atoms with van der Waals surface area (Å²) in [6.45, 7) is 0.945. The summed E-state index contributed by atoms with van der Waals surface area (Å²) >= 11 is 5.95. The molecule has 4 nitrogen and oxygen atoms in total. The first kappa shape index (κ1) is 11.2. The van der Waals surface area contributed by atoms with Gasteiger partial charge < -0.3 is 15.7 Å². The van der Waals surface area contributed by atoms with Gasteiger partial charge in [-0.25, -0.2) is 0 Å². The fraction of sp³-hybridized carbons (Fsp3) is 0.364. The summed E-state index contributed by atoms with van der Waals surface area (Å²) in [5.41, 5.74) is 6.52. The van der Waals surface area contributed by atoms with E-state index in [-0.39, 0.29) is 5.91 Å². The fourth-order valence-electron chi connectivity index (χ4n) is 1.80. The zero-order chi connectivity index (χ0) is 11.7. The van der Waals surface area contributed by atoms with Gasteiger partial charge in [-0.15, -0.1) is 0 Å². The third-order valence-corrected chi connectivity index (χ3v) is 2.99. The lowest BCUT2D eigenvalue weighted by Crippen LogP contribution is -2.29. The number of carbonyl (C=O) groups is 1. The second kappa shape index (κ2) is 4.31. The molecule has 0 spiro atoms. The third kappa shape index (κ3) is 2.13. The molecular weight excluding hydrogens is 228 g/mol. The highest BCUT2D eigenvalue weighted by atomic mass is 35.5. The Morgan fingerprint density at radius 3 is 2.88 bits per heavy atom. The van der Waals surface area contributed by atoms with Crippen LogP contribution in [0.1, 0.15) is 16.8 Å². The second-order valence-electron chi connectivity index (χ2n) is 3.93. The average molecular weight is 241 g/mol. The van der Waals surface area contributed by atoms with Crippen LogP contribution in [0.25, 0.3) is 0 Å². The number of nitrogens with zero attached hydrogens (tertiary/aromatic N) is 1. The predicted molar refractivity (Wildman–Crippen MR) is 62.4 cm³/mol. The molecule has 1 aliphatic rings. The summed E-state index contributed by atoms with van der Waals surface area (Å²) in [6, 6.07) is 4.82. The van der Waals surface area contributed by atoms with Crippen molar-refractivity contribution >= 4 is 23.2 Å². The number of β-amino-alcohol motifs (C(OH)–C–C–N with tert-alkyl or cyclic N) is 1. The molecule has 1 amide bonds. The van der Waals surface area contributed by atoms with Gasteiger partial charge in [0.05, 0.1) is 16.7 Å². The lowest BCUT2D eigenvalue weighted by Gasteiger charge is -2.16. The van der Waals surface area contributed by atoms with Gasteiger partial charge in [-0.2, -0.15) is 0 Å². The Labute approximate surface area is 98.6 Å². The van der Waals surface area contributed by atoms with Gasteiger partial charge in [0, 0.05) is 18.8 Å². The molecule has 0 bridgehead atoms. The molecule has 1 aliphatic heterocycles. The Kier molecular flexibility index (Phi) is 3.03. The van der Waals surface area contributed by atoms with Gasteiger partial charge in [0.15, 0.2) is 0 Å². The van der Waals surface area contributed by atoms with Crippen molar-refractivity contribution in [1.82, 2.24) is 4.90 Å². The lowest BCUT2D eigenvalue weighted by molar-refractivity contribution is 0.0765. The largest absolute Gasteiger partial charge is 0.399 e. The van der Waals surface area contributed by atoms with E-state index in [0.717, 1.165) is 0 Å². The normalized spacial score (nSPS) is 20.1. The molecule has 0 radical (unpaired) electrons. The van der Waals surface area contributed by atoms with Crippen LogP contribution >= 0.6 is 11.6 Å². The van der Waals surface area contributed by atoms with Gasteiger partial charge in [-0.1, -0.05) is 11.6 Å². The molecule has 0 aromatic heterocycles. The number of aliphatic hydroxyl groups excluding tert-OH is 1. The number of hydrogen-bond donors (Lipinski definition) is 2. The molecule has 0 saturated carbocycles. The molecule has 5 heteroatoms. The monoisotopic (exact) mass is 240 g/mol. The number of hydrogen-bond acceptors (Lipinski definition) is 3. The first-order valence-corrected chi connectivity index (χ1v) is 5.48. The van der Waals surface area contributed by atoms with Crippen LogP contribution in [0.5, 0.6) is 0 Å². The lowest BCUT2D eigenvalue weighted by atomic mass is 10.2. The van der Waals surface area contributed by atoms with Gasteiger partial charge in [0.25, 0.3) is 5.91 Å². The van der Waals surface area contributed by atoms with Crippen molar-refractivity contribution in [3.05, 3.63) is 28.8 Å². The molecule has 3 N–H and O–H groups in total. The summed E-state index contributed by atoms with van der Waals surface area (Å²) in [6.07, 6.45) is 0.203. The number of nitrogens with two attached hydrogens (primary N) is 1. The minimum atomic E-state index is -0.420. The first-order valence-electron chi connectivity index (χ1n) is 5.10. The number of halogens is 1. The van der Waals surface area contributed by atoms with Crippen molar-refractivity contribution < 1.29 is 9.90 Å². The van der Waals surface area contributed by atoms with E-state index in [4.69, 9.17) is 17.3 Å². The molecule has 1 aromatic carbocycles. The molecule has 0 aliphatic carbocycles. The number of rotatable bonds is 1. The fourth-order valence-corrected chi connectivity index (χ4v) is 2.07. The molecule has 1 saturated heterocycles. The topological polar surface area (TPSA) is 66.6 Å². The van der Waals surface area contributed by atoms with Crippen LogP contribution < -0.4 is 5.73 Å². The minimum Gasteiger partial charge on any atom is -0.399 e. The number of aliphatic hydroxyl groups is 1.